The molecule has 2 N–H and O–H groups in total. The standard InChI is InChI=1S/C11H11N3O2/c1-16-11(15)8-2-3-9(12)10(6-8)14-5-4-13-7-14/h2-7H,12H2,1H3. The molecule has 0 saturated heterocycles. The maximum absolute atomic E-state index is 11.4. The van der Waals surface area contributed by atoms with Crippen molar-refractivity contribution in [1.29, 1.82) is 0 Å². The molecule has 0 radical (unpaired) electrons. The minimum absolute atomic E-state index is 0.388. The largest absolute Gasteiger partial charge is 0.465 e. The first-order valence-electron chi connectivity index (χ1n) is 4.68. The Labute approximate surface area is 92.5 Å². The van der Waals surface area contributed by atoms with Gasteiger partial charge in [0.1, 0.15) is 0 Å². The van der Waals surface area contributed by atoms with Crippen LogP contribution in [0.15, 0.2) is 36.9 Å². The number of carbonyl (C=O) groups is 1. The number of hydrogen-bond donors (Lipinski definition) is 1. The predicted octanol–water partition coefficient (Wildman–Crippen LogP) is 1.24. The molecule has 0 aliphatic heterocycles. The topological polar surface area (TPSA) is 70.1 Å². The maximum atomic E-state index is 11.4. The van der Waals surface area contributed by atoms with Gasteiger partial charge in [0.25, 0.3) is 0 Å². The average molecular weight is 217 g/mol. The van der Waals surface area contributed by atoms with Crippen LogP contribution < -0.4 is 5.73 Å². The normalized spacial score (nSPS) is 10.1. The molecule has 0 unspecified atom stereocenters. The first-order chi connectivity index (χ1) is 7.72. The van der Waals surface area contributed by atoms with E-state index in [-0.39, 0.29) is 5.97 Å². The van der Waals surface area contributed by atoms with Gasteiger partial charge < -0.3 is 15.0 Å². The van der Waals surface area contributed by atoms with Crippen LogP contribution in [0.3, 0.4) is 0 Å². The number of hydrogen-bond acceptors (Lipinski definition) is 4. The summed E-state index contributed by atoms with van der Waals surface area (Å²) in [4.78, 5) is 15.3. The number of nitrogen functional groups attached to an aromatic ring is 1. The third-order valence-electron chi connectivity index (χ3n) is 2.23. The second-order valence-electron chi connectivity index (χ2n) is 3.24. The molecule has 2 rings (SSSR count). The van der Waals surface area contributed by atoms with Crippen molar-refractivity contribution in [2.24, 2.45) is 0 Å². The summed E-state index contributed by atoms with van der Waals surface area (Å²) in [7, 11) is 1.34. The lowest BCUT2D eigenvalue weighted by atomic mass is 10.1. The van der Waals surface area contributed by atoms with E-state index in [4.69, 9.17) is 5.73 Å². The highest BCUT2D eigenvalue weighted by Crippen LogP contribution is 2.19. The van der Waals surface area contributed by atoms with Gasteiger partial charge in [-0.1, -0.05) is 0 Å². The van der Waals surface area contributed by atoms with Crippen LogP contribution in [0.4, 0.5) is 5.69 Å². The Kier molecular flexibility index (Phi) is 2.59. The Balaban J connectivity index is 2.49. The van der Waals surface area contributed by atoms with Crippen molar-refractivity contribution in [3.63, 3.8) is 0 Å². The van der Waals surface area contributed by atoms with Gasteiger partial charge in [0.05, 0.1) is 30.4 Å². The van der Waals surface area contributed by atoms with E-state index in [1.54, 1.807) is 41.5 Å². The summed E-state index contributed by atoms with van der Waals surface area (Å²) in [6.45, 7) is 0. The second kappa shape index (κ2) is 4.06. The number of anilines is 1. The molecule has 0 bridgehead atoms. The molecule has 0 amide bonds. The molecule has 0 aliphatic rings. The molecular formula is C11H11N3O2. The molecule has 0 aliphatic carbocycles. The van der Waals surface area contributed by atoms with Gasteiger partial charge in [0.15, 0.2) is 0 Å². The Morgan fingerprint density at radius 3 is 2.94 bits per heavy atom. The number of benzene rings is 1. The van der Waals surface area contributed by atoms with Crippen molar-refractivity contribution >= 4 is 11.7 Å². The zero-order chi connectivity index (χ0) is 11.5. The highest BCUT2D eigenvalue weighted by atomic mass is 16.5. The molecule has 0 saturated carbocycles. The monoisotopic (exact) mass is 217 g/mol. The smallest absolute Gasteiger partial charge is 0.337 e. The molecule has 5 nitrogen and oxygen atoms in total. The van der Waals surface area contributed by atoms with Gasteiger partial charge >= 0.3 is 5.97 Å². The lowest BCUT2D eigenvalue weighted by Gasteiger charge is -2.08. The number of carbonyl (C=O) groups excluding carboxylic acids is 1. The summed E-state index contributed by atoms with van der Waals surface area (Å²) in [6.07, 6.45) is 5.02. The minimum atomic E-state index is -0.388. The number of ether oxygens (including phenoxy) is 1. The zero-order valence-corrected chi connectivity index (χ0v) is 8.75. The first-order valence-corrected chi connectivity index (χ1v) is 4.68. The third-order valence-corrected chi connectivity index (χ3v) is 2.23. The summed E-state index contributed by atoms with van der Waals surface area (Å²) in [5.74, 6) is -0.388. The number of imidazole rings is 1. The molecule has 82 valence electrons. The van der Waals surface area contributed by atoms with E-state index in [9.17, 15) is 4.79 Å². The van der Waals surface area contributed by atoms with Gasteiger partial charge in [-0.2, -0.15) is 0 Å². The van der Waals surface area contributed by atoms with E-state index < -0.39 is 0 Å². The van der Waals surface area contributed by atoms with Crippen LogP contribution in [0.2, 0.25) is 0 Å². The van der Waals surface area contributed by atoms with Crippen molar-refractivity contribution in [2.75, 3.05) is 12.8 Å². The Morgan fingerprint density at radius 1 is 1.50 bits per heavy atom. The van der Waals surface area contributed by atoms with Gasteiger partial charge in [-0.25, -0.2) is 9.78 Å². The summed E-state index contributed by atoms with van der Waals surface area (Å²) < 4.78 is 6.38. The molecule has 1 heterocycles. The fourth-order valence-electron chi connectivity index (χ4n) is 1.41. The molecule has 16 heavy (non-hydrogen) atoms. The minimum Gasteiger partial charge on any atom is -0.465 e. The van der Waals surface area contributed by atoms with E-state index in [2.05, 4.69) is 9.72 Å². The summed E-state index contributed by atoms with van der Waals surface area (Å²) in [5, 5.41) is 0. The van der Waals surface area contributed by atoms with E-state index >= 15 is 0 Å². The molecule has 0 spiro atoms. The molecular weight excluding hydrogens is 206 g/mol. The number of esters is 1. The lowest BCUT2D eigenvalue weighted by molar-refractivity contribution is 0.0601. The predicted molar refractivity (Wildman–Crippen MR) is 59.3 cm³/mol. The third kappa shape index (κ3) is 1.75. The van der Waals surface area contributed by atoms with Crippen molar-refractivity contribution < 1.29 is 9.53 Å². The van der Waals surface area contributed by atoms with Crippen molar-refractivity contribution in [2.45, 2.75) is 0 Å². The van der Waals surface area contributed by atoms with Gasteiger partial charge in [-0.05, 0) is 18.2 Å². The lowest BCUT2D eigenvalue weighted by Crippen LogP contribution is -2.04. The van der Waals surface area contributed by atoms with Crippen molar-refractivity contribution in [3.8, 4) is 5.69 Å². The SMILES string of the molecule is COC(=O)c1ccc(N)c(-n2ccnc2)c1. The van der Waals surface area contributed by atoms with Crippen molar-refractivity contribution in [1.82, 2.24) is 9.55 Å². The van der Waals surface area contributed by atoms with Crippen LogP contribution in [0.5, 0.6) is 0 Å². The fraction of sp³-hybridized carbons (Fsp3) is 0.0909. The van der Waals surface area contributed by atoms with Crippen LogP contribution in [0, 0.1) is 0 Å². The first kappa shape index (κ1) is 10.2. The molecule has 2 aromatic rings. The average Bonchev–Trinajstić information content (AvgIpc) is 2.82. The zero-order valence-electron chi connectivity index (χ0n) is 8.75. The Morgan fingerprint density at radius 2 is 2.31 bits per heavy atom. The number of nitrogens with two attached hydrogens (primary N) is 1. The summed E-state index contributed by atoms with van der Waals surface area (Å²) in [5.41, 5.74) is 7.56. The van der Waals surface area contributed by atoms with E-state index in [0.29, 0.717) is 16.9 Å². The highest BCUT2D eigenvalue weighted by molar-refractivity contribution is 5.91. The number of rotatable bonds is 2. The number of methoxy groups -OCH3 is 1. The summed E-state index contributed by atoms with van der Waals surface area (Å²) in [6, 6.07) is 4.96. The Bertz CT molecular complexity index is 506. The van der Waals surface area contributed by atoms with Crippen LogP contribution in [0.25, 0.3) is 5.69 Å². The molecule has 0 fully saturated rings. The van der Waals surface area contributed by atoms with Gasteiger partial charge in [0, 0.05) is 12.4 Å². The second-order valence-corrected chi connectivity index (χ2v) is 3.24. The quantitative estimate of drug-likeness (QED) is 0.607. The van der Waals surface area contributed by atoms with Crippen molar-refractivity contribution in [3.05, 3.63) is 42.5 Å². The van der Waals surface area contributed by atoms with Gasteiger partial charge in [-0.15, -0.1) is 0 Å². The van der Waals surface area contributed by atoms with Crippen LogP contribution >= 0.6 is 0 Å². The molecule has 5 heteroatoms. The summed E-state index contributed by atoms with van der Waals surface area (Å²) >= 11 is 0. The van der Waals surface area contributed by atoms with Gasteiger partial charge in [0.2, 0.25) is 0 Å². The molecule has 1 aromatic heterocycles. The molecule has 1 aromatic carbocycles. The van der Waals surface area contributed by atoms with E-state index in [0.717, 1.165) is 0 Å². The van der Waals surface area contributed by atoms with E-state index in [1.807, 2.05) is 0 Å². The molecule has 0 atom stereocenters. The Hall–Kier alpha value is -2.30. The van der Waals surface area contributed by atoms with Crippen LogP contribution in [-0.4, -0.2) is 22.6 Å². The van der Waals surface area contributed by atoms with E-state index in [1.165, 1.54) is 7.11 Å². The van der Waals surface area contributed by atoms with Gasteiger partial charge in [-0.3, -0.25) is 0 Å². The fourth-order valence-corrected chi connectivity index (χ4v) is 1.41. The van der Waals surface area contributed by atoms with Crippen LogP contribution in [-0.2, 0) is 4.74 Å². The van der Waals surface area contributed by atoms with Crippen LogP contribution in [0.1, 0.15) is 10.4 Å². The number of nitrogens with zero attached hydrogens (tertiary/aromatic N) is 2. The highest BCUT2D eigenvalue weighted by Gasteiger charge is 2.09. The maximum Gasteiger partial charge on any atom is 0.337 e. The number of aromatic nitrogens is 2.